The average Bonchev–Trinajstić information content (AvgIpc) is 2.28. The highest BCUT2D eigenvalue weighted by atomic mass is 16.4. The number of carboxylic acids is 1. The lowest BCUT2D eigenvalue weighted by atomic mass is 9.75. The van der Waals surface area contributed by atoms with Crippen LogP contribution in [0.1, 0.15) is 53.9 Å². The normalized spacial score (nSPS) is 22.7. The van der Waals surface area contributed by atoms with Gasteiger partial charge in [-0.25, -0.2) is 0 Å². The molecule has 1 fully saturated rings. The van der Waals surface area contributed by atoms with E-state index in [1.54, 1.807) is 0 Å². The number of carboxylic acid groups (broad SMARTS) is 1. The summed E-state index contributed by atoms with van der Waals surface area (Å²) in [6.45, 7) is 13.5. The SMILES string of the molecule is CCC(C)(CN1CCC(C(C)(C)C)CC1)C(=O)O. The van der Waals surface area contributed by atoms with Gasteiger partial charge < -0.3 is 10.0 Å². The Hall–Kier alpha value is -0.570. The summed E-state index contributed by atoms with van der Waals surface area (Å²) >= 11 is 0. The van der Waals surface area contributed by atoms with Crippen LogP contribution in [0.2, 0.25) is 0 Å². The second-order valence-corrected chi connectivity index (χ2v) is 7.14. The van der Waals surface area contributed by atoms with Gasteiger partial charge in [0.2, 0.25) is 0 Å². The van der Waals surface area contributed by atoms with Gasteiger partial charge >= 0.3 is 5.97 Å². The molecule has 0 amide bonds. The maximum atomic E-state index is 11.3. The van der Waals surface area contributed by atoms with Gasteiger partial charge in [-0.15, -0.1) is 0 Å². The zero-order chi connectivity index (χ0) is 14.0. The zero-order valence-electron chi connectivity index (χ0n) is 12.6. The molecule has 3 nitrogen and oxygen atoms in total. The van der Waals surface area contributed by atoms with Crippen molar-refractivity contribution in [2.45, 2.75) is 53.9 Å². The van der Waals surface area contributed by atoms with E-state index in [9.17, 15) is 9.90 Å². The molecule has 1 aliphatic rings. The Labute approximate surface area is 112 Å². The predicted molar refractivity (Wildman–Crippen MR) is 74.7 cm³/mol. The third-order valence-electron chi connectivity index (χ3n) is 4.68. The highest BCUT2D eigenvalue weighted by molar-refractivity contribution is 5.74. The molecule has 0 bridgehead atoms. The standard InChI is InChI=1S/C15H29NO2/c1-6-15(5,13(17)18)11-16-9-7-12(8-10-16)14(2,3)4/h12H,6-11H2,1-5H3,(H,17,18). The highest BCUT2D eigenvalue weighted by Gasteiger charge is 2.35. The smallest absolute Gasteiger partial charge is 0.310 e. The molecule has 0 radical (unpaired) electrons. The molecule has 0 saturated carbocycles. The molecule has 0 aliphatic carbocycles. The van der Waals surface area contributed by atoms with Crippen LogP contribution >= 0.6 is 0 Å². The van der Waals surface area contributed by atoms with Crippen molar-refractivity contribution in [3.8, 4) is 0 Å². The molecular formula is C15H29NO2. The third-order valence-corrected chi connectivity index (χ3v) is 4.68. The summed E-state index contributed by atoms with van der Waals surface area (Å²) < 4.78 is 0. The summed E-state index contributed by atoms with van der Waals surface area (Å²) in [4.78, 5) is 13.7. The van der Waals surface area contributed by atoms with Crippen molar-refractivity contribution in [3.05, 3.63) is 0 Å². The molecule has 1 aliphatic heterocycles. The summed E-state index contributed by atoms with van der Waals surface area (Å²) in [5.41, 5.74) is -0.207. The minimum Gasteiger partial charge on any atom is -0.481 e. The minimum absolute atomic E-state index is 0.382. The Bertz CT molecular complexity index is 287. The first-order chi connectivity index (χ1) is 8.19. The summed E-state index contributed by atoms with van der Waals surface area (Å²) in [6, 6.07) is 0. The van der Waals surface area contributed by atoms with Gasteiger partial charge in [-0.2, -0.15) is 0 Å². The van der Waals surface area contributed by atoms with E-state index in [-0.39, 0.29) is 0 Å². The van der Waals surface area contributed by atoms with Crippen LogP contribution in [-0.4, -0.2) is 35.6 Å². The number of hydrogen-bond donors (Lipinski definition) is 1. The fraction of sp³-hybridized carbons (Fsp3) is 0.933. The number of likely N-dealkylation sites (tertiary alicyclic amines) is 1. The van der Waals surface area contributed by atoms with Crippen LogP contribution in [0.15, 0.2) is 0 Å². The fourth-order valence-electron chi connectivity index (χ4n) is 2.78. The maximum absolute atomic E-state index is 11.3. The van der Waals surface area contributed by atoms with Crippen molar-refractivity contribution < 1.29 is 9.90 Å². The van der Waals surface area contributed by atoms with Gasteiger partial charge in [0.05, 0.1) is 5.41 Å². The lowest BCUT2D eigenvalue weighted by Crippen LogP contribution is -2.45. The molecule has 1 unspecified atom stereocenters. The Balaban J connectivity index is 2.52. The van der Waals surface area contributed by atoms with Gasteiger partial charge in [-0.05, 0) is 50.6 Å². The Morgan fingerprint density at radius 1 is 1.22 bits per heavy atom. The van der Waals surface area contributed by atoms with Crippen molar-refractivity contribution in [2.24, 2.45) is 16.7 Å². The van der Waals surface area contributed by atoms with Crippen LogP contribution in [0.3, 0.4) is 0 Å². The summed E-state index contributed by atoms with van der Waals surface area (Å²) in [6.07, 6.45) is 3.09. The van der Waals surface area contributed by atoms with Crippen LogP contribution in [0.4, 0.5) is 0 Å². The predicted octanol–water partition coefficient (Wildman–Crippen LogP) is 3.25. The number of nitrogens with zero attached hydrogens (tertiary/aromatic N) is 1. The maximum Gasteiger partial charge on any atom is 0.310 e. The molecule has 106 valence electrons. The first-order valence-electron chi connectivity index (χ1n) is 7.15. The van der Waals surface area contributed by atoms with E-state index >= 15 is 0 Å². The molecule has 0 spiro atoms. The largest absolute Gasteiger partial charge is 0.481 e. The second kappa shape index (κ2) is 5.60. The van der Waals surface area contributed by atoms with Gasteiger partial charge in [0.15, 0.2) is 0 Å². The molecule has 0 aromatic heterocycles. The van der Waals surface area contributed by atoms with Crippen LogP contribution in [0, 0.1) is 16.7 Å². The third kappa shape index (κ3) is 3.71. The van der Waals surface area contributed by atoms with Crippen LogP contribution in [-0.2, 0) is 4.79 Å². The van der Waals surface area contributed by atoms with Crippen molar-refractivity contribution >= 4 is 5.97 Å². The van der Waals surface area contributed by atoms with Crippen LogP contribution in [0.25, 0.3) is 0 Å². The van der Waals surface area contributed by atoms with E-state index in [4.69, 9.17) is 0 Å². The zero-order valence-corrected chi connectivity index (χ0v) is 12.6. The minimum atomic E-state index is -0.664. The van der Waals surface area contributed by atoms with Gasteiger partial charge in [-0.1, -0.05) is 27.7 Å². The van der Waals surface area contributed by atoms with Crippen molar-refractivity contribution in [1.29, 1.82) is 0 Å². The van der Waals surface area contributed by atoms with Gasteiger partial charge in [-0.3, -0.25) is 4.79 Å². The van der Waals surface area contributed by atoms with Crippen LogP contribution < -0.4 is 0 Å². The van der Waals surface area contributed by atoms with E-state index < -0.39 is 11.4 Å². The second-order valence-electron chi connectivity index (χ2n) is 7.14. The fourth-order valence-corrected chi connectivity index (χ4v) is 2.78. The van der Waals surface area contributed by atoms with Crippen LogP contribution in [0.5, 0.6) is 0 Å². The van der Waals surface area contributed by atoms with Gasteiger partial charge in [0.25, 0.3) is 0 Å². The highest BCUT2D eigenvalue weighted by Crippen LogP contribution is 2.35. The molecule has 3 heteroatoms. The van der Waals surface area contributed by atoms with Crippen molar-refractivity contribution in [3.63, 3.8) is 0 Å². The van der Waals surface area contributed by atoms with Gasteiger partial charge in [0.1, 0.15) is 0 Å². The molecule has 0 aromatic rings. The first-order valence-corrected chi connectivity index (χ1v) is 7.15. The van der Waals surface area contributed by atoms with Crippen molar-refractivity contribution in [1.82, 2.24) is 4.90 Å². The molecule has 1 atom stereocenters. The van der Waals surface area contributed by atoms with E-state index in [1.807, 2.05) is 13.8 Å². The lowest BCUT2D eigenvalue weighted by molar-refractivity contribution is -0.149. The molecular weight excluding hydrogens is 226 g/mol. The summed E-state index contributed by atoms with van der Waals surface area (Å²) in [7, 11) is 0. The first kappa shape index (κ1) is 15.5. The Morgan fingerprint density at radius 2 is 1.72 bits per heavy atom. The topological polar surface area (TPSA) is 40.5 Å². The molecule has 1 N–H and O–H groups in total. The van der Waals surface area contributed by atoms with Crippen molar-refractivity contribution in [2.75, 3.05) is 19.6 Å². The monoisotopic (exact) mass is 255 g/mol. The van der Waals surface area contributed by atoms with E-state index in [0.717, 1.165) is 19.0 Å². The molecule has 0 aromatic carbocycles. The van der Waals surface area contributed by atoms with Gasteiger partial charge in [0, 0.05) is 6.54 Å². The summed E-state index contributed by atoms with van der Waals surface area (Å²) in [5, 5.41) is 9.32. The Kier molecular flexibility index (Phi) is 4.82. The number of piperidine rings is 1. The Morgan fingerprint density at radius 3 is 2.06 bits per heavy atom. The lowest BCUT2D eigenvalue weighted by Gasteiger charge is -2.41. The van der Waals surface area contributed by atoms with E-state index in [2.05, 4.69) is 25.7 Å². The molecule has 18 heavy (non-hydrogen) atoms. The quantitative estimate of drug-likeness (QED) is 0.838. The number of aliphatic carboxylic acids is 1. The number of rotatable bonds is 4. The average molecular weight is 255 g/mol. The summed E-state index contributed by atoms with van der Waals surface area (Å²) in [5.74, 6) is 0.106. The molecule has 1 heterocycles. The molecule has 1 rings (SSSR count). The van der Waals surface area contributed by atoms with E-state index in [1.165, 1.54) is 12.8 Å². The molecule has 1 saturated heterocycles. The van der Waals surface area contributed by atoms with E-state index in [0.29, 0.717) is 18.4 Å². The number of carbonyl (C=O) groups is 1. The number of hydrogen-bond acceptors (Lipinski definition) is 2.